The summed E-state index contributed by atoms with van der Waals surface area (Å²) in [4.78, 5) is 8.54. The van der Waals surface area contributed by atoms with Crippen LogP contribution in [0.25, 0.3) is 0 Å². The molecule has 6 N–H and O–H groups in total. The van der Waals surface area contributed by atoms with Gasteiger partial charge >= 0.3 is 0 Å². The molecule has 5 nitrogen and oxygen atoms in total. The Morgan fingerprint density at radius 3 is 1.61 bits per heavy atom. The summed E-state index contributed by atoms with van der Waals surface area (Å²) in [6.45, 7) is 24.5. The second-order valence-corrected chi connectivity index (χ2v) is 15.0. The second-order valence-electron chi connectivity index (χ2n) is 15.0. The quantitative estimate of drug-likeness (QED) is 0.235. The summed E-state index contributed by atoms with van der Waals surface area (Å²) in [6, 6.07) is 13.0. The maximum atomic E-state index is 6.04. The van der Waals surface area contributed by atoms with Crippen molar-refractivity contribution in [2.24, 2.45) is 52.7 Å². The number of aromatic nitrogens is 2. The monoisotopic (exact) mass is 612 g/mol. The first-order valence-electron chi connectivity index (χ1n) is 17.7. The van der Waals surface area contributed by atoms with Crippen LogP contribution in [0.5, 0.6) is 0 Å². The van der Waals surface area contributed by atoms with Gasteiger partial charge in [-0.1, -0.05) is 94.7 Å². The molecular weight excluding hydrogens is 538 g/mol. The third-order valence-electron chi connectivity index (χ3n) is 8.28. The normalized spacial score (nSPS) is 20.1. The molecule has 0 aromatic carbocycles. The Morgan fingerprint density at radius 2 is 1.23 bits per heavy atom. The highest BCUT2D eigenvalue weighted by molar-refractivity contribution is 5.08. The highest BCUT2D eigenvalue weighted by Crippen LogP contribution is 2.31. The lowest BCUT2D eigenvalue weighted by Crippen LogP contribution is -2.35. The molecule has 254 valence electrons. The van der Waals surface area contributed by atoms with Gasteiger partial charge in [0.1, 0.15) is 0 Å². The lowest BCUT2D eigenvalue weighted by atomic mass is 9.76. The SMILES string of the molecule is CC(C)CC(C)c1ccccn1.CC(C)CC(N)c1ccccn1.CC(C)CC1CCC(C)C(N)C1.CCC(N)CC(C)C. The summed E-state index contributed by atoms with van der Waals surface area (Å²) in [5.41, 5.74) is 19.9. The molecule has 1 fully saturated rings. The summed E-state index contributed by atoms with van der Waals surface area (Å²) in [5, 5.41) is 0. The van der Waals surface area contributed by atoms with Gasteiger partial charge in [0.25, 0.3) is 0 Å². The van der Waals surface area contributed by atoms with Crippen LogP contribution < -0.4 is 17.2 Å². The fourth-order valence-electron chi connectivity index (χ4n) is 5.82. The summed E-state index contributed by atoms with van der Waals surface area (Å²) in [5.74, 6) is 5.24. The molecule has 3 rings (SSSR count). The van der Waals surface area contributed by atoms with Crippen LogP contribution in [0, 0.1) is 35.5 Å². The van der Waals surface area contributed by atoms with Crippen LogP contribution in [-0.2, 0) is 0 Å². The van der Waals surface area contributed by atoms with E-state index in [-0.39, 0.29) is 6.04 Å². The van der Waals surface area contributed by atoms with Crippen molar-refractivity contribution in [1.82, 2.24) is 9.97 Å². The van der Waals surface area contributed by atoms with Crippen LogP contribution >= 0.6 is 0 Å². The molecule has 2 aromatic heterocycles. The van der Waals surface area contributed by atoms with Gasteiger partial charge in [-0.25, -0.2) is 0 Å². The fraction of sp³-hybridized carbons (Fsp3) is 0.744. The van der Waals surface area contributed by atoms with Crippen molar-refractivity contribution in [3.05, 3.63) is 60.2 Å². The molecule has 2 aromatic rings. The highest BCUT2D eigenvalue weighted by Gasteiger charge is 2.25. The van der Waals surface area contributed by atoms with E-state index in [0.29, 0.717) is 23.9 Å². The first-order valence-corrected chi connectivity index (χ1v) is 17.7. The molecular formula is C39H73N5. The molecule has 2 heterocycles. The largest absolute Gasteiger partial charge is 0.328 e. The van der Waals surface area contributed by atoms with Crippen LogP contribution in [0.1, 0.15) is 151 Å². The van der Waals surface area contributed by atoms with Crippen molar-refractivity contribution in [2.75, 3.05) is 0 Å². The van der Waals surface area contributed by atoms with Crippen molar-refractivity contribution in [2.45, 2.75) is 152 Å². The van der Waals surface area contributed by atoms with E-state index in [0.717, 1.165) is 54.5 Å². The van der Waals surface area contributed by atoms with Gasteiger partial charge in [-0.3, -0.25) is 9.97 Å². The van der Waals surface area contributed by atoms with Crippen molar-refractivity contribution in [1.29, 1.82) is 0 Å². The van der Waals surface area contributed by atoms with Crippen LogP contribution in [0.15, 0.2) is 48.8 Å². The highest BCUT2D eigenvalue weighted by atomic mass is 14.8. The lowest BCUT2D eigenvalue weighted by molar-refractivity contribution is 0.225. The second kappa shape index (κ2) is 24.4. The average Bonchev–Trinajstić information content (AvgIpc) is 2.95. The molecule has 5 heteroatoms. The lowest BCUT2D eigenvalue weighted by Gasteiger charge is -2.32. The van der Waals surface area contributed by atoms with E-state index < -0.39 is 0 Å². The summed E-state index contributed by atoms with van der Waals surface area (Å²) in [7, 11) is 0. The van der Waals surface area contributed by atoms with Crippen molar-refractivity contribution < 1.29 is 0 Å². The molecule has 6 atom stereocenters. The zero-order chi connectivity index (χ0) is 33.7. The van der Waals surface area contributed by atoms with Crippen LogP contribution in [0.3, 0.4) is 0 Å². The molecule has 44 heavy (non-hydrogen) atoms. The minimum Gasteiger partial charge on any atom is -0.328 e. The number of rotatable bonds is 11. The first-order chi connectivity index (χ1) is 20.7. The van der Waals surface area contributed by atoms with E-state index in [1.165, 1.54) is 37.8 Å². The Balaban J connectivity index is 0.000000567. The fourth-order valence-corrected chi connectivity index (χ4v) is 5.82. The maximum Gasteiger partial charge on any atom is 0.0571 e. The van der Waals surface area contributed by atoms with Crippen molar-refractivity contribution in [3.8, 4) is 0 Å². The summed E-state index contributed by atoms with van der Waals surface area (Å²) < 4.78 is 0. The minimum atomic E-state index is 0.0891. The number of nitrogens with zero attached hydrogens (tertiary/aromatic N) is 2. The van der Waals surface area contributed by atoms with Crippen LogP contribution in [-0.4, -0.2) is 22.1 Å². The molecule has 0 saturated heterocycles. The van der Waals surface area contributed by atoms with Gasteiger partial charge in [-0.15, -0.1) is 0 Å². The van der Waals surface area contributed by atoms with E-state index >= 15 is 0 Å². The zero-order valence-corrected chi connectivity index (χ0v) is 30.7. The van der Waals surface area contributed by atoms with Gasteiger partial charge in [-0.2, -0.15) is 0 Å². The Kier molecular flexibility index (Phi) is 23.4. The number of pyridine rings is 2. The number of nitrogens with two attached hydrogens (primary N) is 3. The van der Waals surface area contributed by atoms with Gasteiger partial charge in [0.2, 0.25) is 0 Å². The topological polar surface area (TPSA) is 104 Å². The van der Waals surface area contributed by atoms with E-state index in [2.05, 4.69) is 98.3 Å². The van der Waals surface area contributed by atoms with E-state index in [1.807, 2.05) is 30.5 Å². The Hall–Kier alpha value is -1.82. The minimum absolute atomic E-state index is 0.0891. The molecule has 0 bridgehead atoms. The Labute approximate surface area is 274 Å². The van der Waals surface area contributed by atoms with Crippen molar-refractivity contribution in [3.63, 3.8) is 0 Å². The average molecular weight is 612 g/mol. The molecule has 0 radical (unpaired) electrons. The van der Waals surface area contributed by atoms with Gasteiger partial charge in [-0.05, 0) is 111 Å². The standard InChI is InChI=1S/C11H23N.C11H17N.C10H16N2.C7H17N/c1-8(2)6-10-5-4-9(3)11(12)7-10;1-9(2)8-10(3)11-6-4-5-7-12-11;1-8(2)7-9(11)10-5-3-4-6-12-10;1-4-7(8)5-6(2)3/h8-11H,4-7,12H2,1-3H3;4-7,9-10H,8H2,1-3H3;3-6,8-9H,7,11H2,1-2H3;6-7H,4-5,8H2,1-3H3. The van der Waals surface area contributed by atoms with E-state index in [4.69, 9.17) is 17.2 Å². The van der Waals surface area contributed by atoms with Gasteiger partial charge in [0.15, 0.2) is 0 Å². The molecule has 6 unspecified atom stereocenters. The van der Waals surface area contributed by atoms with Crippen molar-refractivity contribution >= 4 is 0 Å². The van der Waals surface area contributed by atoms with Gasteiger partial charge < -0.3 is 17.2 Å². The van der Waals surface area contributed by atoms with E-state index in [1.54, 1.807) is 6.20 Å². The molecule has 1 aliphatic carbocycles. The number of hydrogen-bond donors (Lipinski definition) is 3. The van der Waals surface area contributed by atoms with Gasteiger partial charge in [0.05, 0.1) is 5.69 Å². The maximum absolute atomic E-state index is 6.04. The zero-order valence-electron chi connectivity index (χ0n) is 30.7. The Morgan fingerprint density at radius 1 is 0.705 bits per heavy atom. The predicted octanol–water partition coefficient (Wildman–Crippen LogP) is 9.92. The van der Waals surface area contributed by atoms with E-state index in [9.17, 15) is 0 Å². The van der Waals surface area contributed by atoms with Crippen LogP contribution in [0.2, 0.25) is 0 Å². The smallest absolute Gasteiger partial charge is 0.0571 e. The molecule has 1 aliphatic rings. The summed E-state index contributed by atoms with van der Waals surface area (Å²) in [6.07, 6.45) is 13.5. The summed E-state index contributed by atoms with van der Waals surface area (Å²) >= 11 is 0. The third kappa shape index (κ3) is 21.8. The molecule has 0 aliphatic heterocycles. The van der Waals surface area contributed by atoms with Crippen LogP contribution in [0.4, 0.5) is 0 Å². The molecule has 1 saturated carbocycles. The number of hydrogen-bond acceptors (Lipinski definition) is 5. The van der Waals surface area contributed by atoms with Gasteiger partial charge in [0, 0.05) is 36.2 Å². The third-order valence-corrected chi connectivity index (χ3v) is 8.28. The molecule has 0 spiro atoms. The predicted molar refractivity (Wildman–Crippen MR) is 194 cm³/mol. The first kappa shape index (κ1) is 42.2. The molecule has 0 amide bonds. The Bertz CT molecular complexity index is 848.